The van der Waals surface area contributed by atoms with E-state index in [0.29, 0.717) is 5.92 Å². The molecule has 2 unspecified atom stereocenters. The summed E-state index contributed by atoms with van der Waals surface area (Å²) >= 11 is 0. The van der Waals surface area contributed by atoms with E-state index in [-0.39, 0.29) is 12.1 Å². The normalized spacial score (nSPS) is 15.8. The summed E-state index contributed by atoms with van der Waals surface area (Å²) in [5, 5.41) is 3.41. The number of hydrogen-bond donors (Lipinski definition) is 1. The number of rotatable bonds is 7. The average molecular weight is 185 g/mol. The van der Waals surface area contributed by atoms with Gasteiger partial charge in [-0.1, -0.05) is 26.8 Å². The fraction of sp³-hybridized carbons (Fsp3) is 0.818. The van der Waals surface area contributed by atoms with E-state index in [1.807, 2.05) is 6.08 Å². The van der Waals surface area contributed by atoms with Crippen LogP contribution in [0.25, 0.3) is 0 Å². The van der Waals surface area contributed by atoms with E-state index in [1.54, 1.807) is 7.11 Å². The van der Waals surface area contributed by atoms with E-state index in [1.165, 1.54) is 0 Å². The summed E-state index contributed by atoms with van der Waals surface area (Å²) in [6, 6.07) is 0.268. The second-order valence-corrected chi connectivity index (χ2v) is 3.66. The first-order valence-corrected chi connectivity index (χ1v) is 5.06. The lowest BCUT2D eigenvalue weighted by Gasteiger charge is -2.27. The molecule has 0 spiro atoms. The highest BCUT2D eigenvalue weighted by Crippen LogP contribution is 2.11. The molecular weight excluding hydrogens is 162 g/mol. The van der Waals surface area contributed by atoms with E-state index in [4.69, 9.17) is 4.74 Å². The van der Waals surface area contributed by atoms with Crippen LogP contribution >= 0.6 is 0 Å². The molecule has 2 nitrogen and oxygen atoms in total. The second kappa shape index (κ2) is 7.10. The summed E-state index contributed by atoms with van der Waals surface area (Å²) in [7, 11) is 1.76. The molecule has 0 heterocycles. The Hall–Kier alpha value is -0.340. The predicted molar refractivity (Wildman–Crippen MR) is 57.9 cm³/mol. The molecule has 0 aromatic heterocycles. The first-order chi connectivity index (χ1) is 6.17. The van der Waals surface area contributed by atoms with Crippen molar-refractivity contribution in [1.82, 2.24) is 5.32 Å². The van der Waals surface area contributed by atoms with Gasteiger partial charge in [0.05, 0.1) is 12.1 Å². The van der Waals surface area contributed by atoms with E-state index >= 15 is 0 Å². The Bertz CT molecular complexity index is 134. The molecule has 0 aliphatic carbocycles. The van der Waals surface area contributed by atoms with Gasteiger partial charge in [0.1, 0.15) is 0 Å². The van der Waals surface area contributed by atoms with Crippen LogP contribution in [0.2, 0.25) is 0 Å². The standard InChI is InChI=1S/C11H23NO/c1-6-8-12-10(7-2)11(13-5)9(3)4/h7,9-12H,2,6,8H2,1,3-5H3. The van der Waals surface area contributed by atoms with Crippen molar-refractivity contribution in [2.75, 3.05) is 13.7 Å². The summed E-state index contributed by atoms with van der Waals surface area (Å²) in [5.41, 5.74) is 0. The van der Waals surface area contributed by atoms with E-state index in [0.717, 1.165) is 13.0 Å². The Morgan fingerprint density at radius 3 is 2.38 bits per heavy atom. The third kappa shape index (κ3) is 4.44. The lowest BCUT2D eigenvalue weighted by molar-refractivity contribution is 0.0461. The molecule has 2 heteroatoms. The molecule has 0 saturated heterocycles. The number of hydrogen-bond acceptors (Lipinski definition) is 2. The molecule has 13 heavy (non-hydrogen) atoms. The van der Waals surface area contributed by atoms with Gasteiger partial charge in [0.15, 0.2) is 0 Å². The van der Waals surface area contributed by atoms with Gasteiger partial charge >= 0.3 is 0 Å². The maximum atomic E-state index is 5.43. The minimum absolute atomic E-state index is 0.226. The smallest absolute Gasteiger partial charge is 0.0782 e. The zero-order valence-corrected chi connectivity index (χ0v) is 9.34. The number of ether oxygens (including phenoxy) is 1. The molecular formula is C11H23NO. The predicted octanol–water partition coefficient (Wildman–Crippen LogP) is 2.21. The van der Waals surface area contributed by atoms with Gasteiger partial charge in [-0.15, -0.1) is 6.58 Å². The van der Waals surface area contributed by atoms with Crippen molar-refractivity contribution < 1.29 is 4.74 Å². The highest BCUT2D eigenvalue weighted by molar-refractivity contribution is 4.93. The summed E-state index contributed by atoms with van der Waals surface area (Å²) in [6.45, 7) is 11.3. The van der Waals surface area contributed by atoms with Crippen LogP contribution in [0.5, 0.6) is 0 Å². The minimum Gasteiger partial charge on any atom is -0.379 e. The number of nitrogens with one attached hydrogen (secondary N) is 1. The van der Waals surface area contributed by atoms with Crippen LogP contribution in [-0.2, 0) is 4.74 Å². The van der Waals surface area contributed by atoms with Crippen LogP contribution in [0, 0.1) is 5.92 Å². The minimum atomic E-state index is 0.226. The molecule has 0 saturated carbocycles. The molecule has 0 aromatic rings. The van der Waals surface area contributed by atoms with Crippen molar-refractivity contribution in [3.63, 3.8) is 0 Å². The third-order valence-corrected chi connectivity index (χ3v) is 2.17. The molecule has 0 aliphatic heterocycles. The molecule has 0 fully saturated rings. The highest BCUT2D eigenvalue weighted by Gasteiger charge is 2.20. The van der Waals surface area contributed by atoms with E-state index < -0.39 is 0 Å². The van der Waals surface area contributed by atoms with Gasteiger partial charge in [-0.2, -0.15) is 0 Å². The van der Waals surface area contributed by atoms with Gasteiger partial charge in [-0.05, 0) is 18.9 Å². The Balaban J connectivity index is 4.08. The van der Waals surface area contributed by atoms with Gasteiger partial charge in [0, 0.05) is 7.11 Å². The largest absolute Gasteiger partial charge is 0.379 e. The lowest BCUT2D eigenvalue weighted by atomic mass is 9.99. The zero-order valence-electron chi connectivity index (χ0n) is 9.34. The van der Waals surface area contributed by atoms with Crippen molar-refractivity contribution in [1.29, 1.82) is 0 Å². The lowest BCUT2D eigenvalue weighted by Crippen LogP contribution is -2.42. The number of methoxy groups -OCH3 is 1. The van der Waals surface area contributed by atoms with Gasteiger partial charge in [-0.25, -0.2) is 0 Å². The van der Waals surface area contributed by atoms with Crippen molar-refractivity contribution in [2.24, 2.45) is 5.92 Å². The zero-order chi connectivity index (χ0) is 10.3. The van der Waals surface area contributed by atoms with Crippen LogP contribution < -0.4 is 5.32 Å². The summed E-state index contributed by atoms with van der Waals surface area (Å²) in [5.74, 6) is 0.511. The van der Waals surface area contributed by atoms with Gasteiger partial charge in [0.2, 0.25) is 0 Å². The van der Waals surface area contributed by atoms with Crippen molar-refractivity contribution in [2.45, 2.75) is 39.3 Å². The monoisotopic (exact) mass is 185 g/mol. The maximum absolute atomic E-state index is 5.43. The molecule has 0 rings (SSSR count). The van der Waals surface area contributed by atoms with E-state index in [9.17, 15) is 0 Å². The van der Waals surface area contributed by atoms with E-state index in [2.05, 4.69) is 32.7 Å². The Labute approximate surface area is 82.4 Å². The van der Waals surface area contributed by atoms with Crippen LogP contribution in [0.4, 0.5) is 0 Å². The van der Waals surface area contributed by atoms with Gasteiger partial charge < -0.3 is 10.1 Å². The first kappa shape index (κ1) is 12.7. The van der Waals surface area contributed by atoms with Crippen molar-refractivity contribution in [3.05, 3.63) is 12.7 Å². The van der Waals surface area contributed by atoms with Gasteiger partial charge in [0.25, 0.3) is 0 Å². The fourth-order valence-corrected chi connectivity index (χ4v) is 1.48. The van der Waals surface area contributed by atoms with Crippen LogP contribution in [0.1, 0.15) is 27.2 Å². The first-order valence-electron chi connectivity index (χ1n) is 5.06. The Morgan fingerprint density at radius 1 is 1.46 bits per heavy atom. The molecule has 78 valence electrons. The second-order valence-electron chi connectivity index (χ2n) is 3.66. The Kier molecular flexibility index (Phi) is 6.92. The Morgan fingerprint density at radius 2 is 2.08 bits per heavy atom. The average Bonchev–Trinajstić information content (AvgIpc) is 2.11. The maximum Gasteiger partial charge on any atom is 0.0782 e. The van der Waals surface area contributed by atoms with Crippen molar-refractivity contribution >= 4 is 0 Å². The molecule has 0 radical (unpaired) electrons. The molecule has 2 atom stereocenters. The molecule has 1 N–H and O–H groups in total. The SMILES string of the molecule is C=CC(NCCC)C(OC)C(C)C. The molecule has 0 aromatic carbocycles. The van der Waals surface area contributed by atoms with Crippen molar-refractivity contribution in [3.8, 4) is 0 Å². The molecule has 0 bridgehead atoms. The van der Waals surface area contributed by atoms with Crippen LogP contribution in [0.15, 0.2) is 12.7 Å². The summed E-state index contributed by atoms with van der Waals surface area (Å²) < 4.78 is 5.43. The fourth-order valence-electron chi connectivity index (χ4n) is 1.48. The van der Waals surface area contributed by atoms with Crippen LogP contribution in [0.3, 0.4) is 0 Å². The van der Waals surface area contributed by atoms with Gasteiger partial charge in [-0.3, -0.25) is 0 Å². The molecule has 0 amide bonds. The highest BCUT2D eigenvalue weighted by atomic mass is 16.5. The third-order valence-electron chi connectivity index (χ3n) is 2.17. The summed E-state index contributed by atoms with van der Waals surface area (Å²) in [4.78, 5) is 0. The quantitative estimate of drug-likeness (QED) is 0.614. The topological polar surface area (TPSA) is 21.3 Å². The van der Waals surface area contributed by atoms with Crippen LogP contribution in [-0.4, -0.2) is 25.8 Å². The molecule has 0 aliphatic rings. The summed E-state index contributed by atoms with van der Waals surface area (Å²) in [6.07, 6.45) is 3.30.